The highest BCUT2D eigenvalue weighted by Crippen LogP contribution is 2.33. The number of hydrogen-bond acceptors (Lipinski definition) is 4. The molecule has 0 spiro atoms. The molecule has 1 N–H and O–H groups in total. The fourth-order valence-electron chi connectivity index (χ4n) is 1.70. The summed E-state index contributed by atoms with van der Waals surface area (Å²) in [4.78, 5) is 0.961. The summed E-state index contributed by atoms with van der Waals surface area (Å²) < 4.78 is 46.9. The molecular formula is C13H16F3NO2S. The lowest BCUT2D eigenvalue weighted by atomic mass is 10.3. The van der Waals surface area contributed by atoms with Gasteiger partial charge in [-0.25, -0.2) is 0 Å². The van der Waals surface area contributed by atoms with Gasteiger partial charge in [0.2, 0.25) is 0 Å². The molecule has 0 amide bonds. The van der Waals surface area contributed by atoms with E-state index in [0.717, 1.165) is 17.1 Å². The second-order valence-corrected chi connectivity index (χ2v) is 5.47. The number of nitrogens with one attached hydrogen (secondary N) is 1. The maximum Gasteiger partial charge on any atom is 0.401 e. The summed E-state index contributed by atoms with van der Waals surface area (Å²) in [5.41, 5.74) is 0. The number of fused-ring (bicyclic) bond motifs is 1. The maximum absolute atomic E-state index is 11.9. The number of thioether (sulfide) groups is 1. The second-order valence-electron chi connectivity index (χ2n) is 4.30. The first kappa shape index (κ1) is 15.3. The molecule has 0 bridgehead atoms. The Morgan fingerprint density at radius 2 is 1.90 bits per heavy atom. The van der Waals surface area contributed by atoms with Crippen LogP contribution in [0.3, 0.4) is 0 Å². The van der Waals surface area contributed by atoms with E-state index in [1.807, 2.05) is 18.2 Å². The molecule has 2 rings (SSSR count). The van der Waals surface area contributed by atoms with Gasteiger partial charge in [0.25, 0.3) is 0 Å². The van der Waals surface area contributed by atoms with Gasteiger partial charge in [-0.3, -0.25) is 0 Å². The minimum Gasteiger partial charge on any atom is -0.490 e. The average Bonchev–Trinajstić information content (AvgIpc) is 2.61. The van der Waals surface area contributed by atoms with Gasteiger partial charge in [-0.05, 0) is 18.2 Å². The Balaban J connectivity index is 1.77. The predicted molar refractivity (Wildman–Crippen MR) is 71.7 cm³/mol. The van der Waals surface area contributed by atoms with Crippen LogP contribution >= 0.6 is 11.8 Å². The van der Waals surface area contributed by atoms with Gasteiger partial charge < -0.3 is 14.8 Å². The second kappa shape index (κ2) is 7.08. The van der Waals surface area contributed by atoms with Crippen LogP contribution in [-0.2, 0) is 0 Å². The van der Waals surface area contributed by atoms with Crippen LogP contribution in [0.2, 0.25) is 0 Å². The van der Waals surface area contributed by atoms with E-state index in [1.54, 1.807) is 0 Å². The van der Waals surface area contributed by atoms with Gasteiger partial charge in [-0.1, -0.05) is 0 Å². The lowest BCUT2D eigenvalue weighted by Crippen LogP contribution is -2.30. The number of alkyl halides is 3. The maximum atomic E-state index is 11.9. The number of rotatable bonds is 5. The van der Waals surface area contributed by atoms with Crippen LogP contribution < -0.4 is 14.8 Å². The first-order chi connectivity index (χ1) is 9.54. The number of halogens is 3. The molecule has 0 atom stereocenters. The summed E-state index contributed by atoms with van der Waals surface area (Å²) in [6, 6.07) is 5.60. The molecule has 0 saturated carbocycles. The third-order valence-electron chi connectivity index (χ3n) is 2.59. The van der Waals surface area contributed by atoms with Gasteiger partial charge in [0.1, 0.15) is 0 Å². The van der Waals surface area contributed by atoms with Crippen LogP contribution in [0.25, 0.3) is 0 Å². The van der Waals surface area contributed by atoms with Crippen molar-refractivity contribution < 1.29 is 22.6 Å². The molecule has 1 aliphatic heterocycles. The van der Waals surface area contributed by atoms with E-state index in [4.69, 9.17) is 9.47 Å². The number of hydrogen-bond donors (Lipinski definition) is 1. The summed E-state index contributed by atoms with van der Waals surface area (Å²) in [5.74, 6) is 1.99. The van der Waals surface area contributed by atoms with E-state index in [1.165, 1.54) is 11.8 Å². The van der Waals surface area contributed by atoms with Crippen LogP contribution in [0.1, 0.15) is 6.42 Å². The van der Waals surface area contributed by atoms with Crippen molar-refractivity contribution in [2.45, 2.75) is 17.5 Å². The van der Waals surface area contributed by atoms with Crippen molar-refractivity contribution in [1.29, 1.82) is 0 Å². The zero-order chi connectivity index (χ0) is 14.4. The van der Waals surface area contributed by atoms with Gasteiger partial charge >= 0.3 is 6.18 Å². The molecule has 1 aromatic rings. The van der Waals surface area contributed by atoms with E-state index in [0.29, 0.717) is 31.3 Å². The lowest BCUT2D eigenvalue weighted by Gasteiger charge is -2.10. The van der Waals surface area contributed by atoms with Crippen molar-refractivity contribution >= 4 is 11.8 Å². The minimum atomic E-state index is -4.15. The van der Waals surface area contributed by atoms with Gasteiger partial charge in [-0.15, -0.1) is 11.8 Å². The molecule has 7 heteroatoms. The average molecular weight is 307 g/mol. The van der Waals surface area contributed by atoms with Crippen molar-refractivity contribution in [2.24, 2.45) is 0 Å². The van der Waals surface area contributed by atoms with E-state index < -0.39 is 12.7 Å². The SMILES string of the molecule is FC(F)(F)CNCCSc1ccc2c(c1)OCCCO2. The first-order valence-electron chi connectivity index (χ1n) is 6.34. The van der Waals surface area contributed by atoms with E-state index in [2.05, 4.69) is 5.32 Å². The molecule has 0 saturated heterocycles. The highest BCUT2D eigenvalue weighted by molar-refractivity contribution is 7.99. The summed E-state index contributed by atoms with van der Waals surface area (Å²) in [5, 5.41) is 2.37. The molecule has 0 radical (unpaired) electrons. The smallest absolute Gasteiger partial charge is 0.401 e. The molecule has 1 aliphatic rings. The summed E-state index contributed by atoms with van der Waals surface area (Å²) in [6.07, 6.45) is -3.31. The van der Waals surface area contributed by atoms with Crippen LogP contribution in [0.15, 0.2) is 23.1 Å². The van der Waals surface area contributed by atoms with E-state index in [9.17, 15) is 13.2 Å². The fraction of sp³-hybridized carbons (Fsp3) is 0.538. The van der Waals surface area contributed by atoms with Crippen LogP contribution in [0.5, 0.6) is 11.5 Å². The molecule has 0 unspecified atom stereocenters. The summed E-state index contributed by atoms with van der Waals surface area (Å²) >= 11 is 1.49. The molecule has 0 aromatic heterocycles. The Kier molecular flexibility index (Phi) is 5.42. The zero-order valence-electron chi connectivity index (χ0n) is 10.8. The van der Waals surface area contributed by atoms with Gasteiger partial charge in [-0.2, -0.15) is 13.2 Å². The normalized spacial score (nSPS) is 14.9. The Morgan fingerprint density at radius 3 is 2.65 bits per heavy atom. The lowest BCUT2D eigenvalue weighted by molar-refractivity contribution is -0.124. The minimum absolute atomic E-state index is 0.304. The monoisotopic (exact) mass is 307 g/mol. The van der Waals surface area contributed by atoms with Crippen molar-refractivity contribution in [3.8, 4) is 11.5 Å². The van der Waals surface area contributed by atoms with Gasteiger partial charge in [0.15, 0.2) is 11.5 Å². The summed E-state index contributed by atoms with van der Waals surface area (Å²) in [7, 11) is 0. The topological polar surface area (TPSA) is 30.5 Å². The fourth-order valence-corrected chi connectivity index (χ4v) is 2.54. The van der Waals surface area contributed by atoms with Gasteiger partial charge in [0, 0.05) is 23.6 Å². The van der Waals surface area contributed by atoms with Crippen molar-refractivity contribution in [3.05, 3.63) is 18.2 Å². The predicted octanol–water partition coefficient (Wildman–Crippen LogP) is 3.09. The van der Waals surface area contributed by atoms with E-state index in [-0.39, 0.29) is 0 Å². The molecule has 0 aliphatic carbocycles. The molecule has 3 nitrogen and oxygen atoms in total. The molecule has 0 fully saturated rings. The quantitative estimate of drug-likeness (QED) is 0.669. The highest BCUT2D eigenvalue weighted by Gasteiger charge is 2.25. The Hall–Kier alpha value is -1.08. The van der Waals surface area contributed by atoms with E-state index >= 15 is 0 Å². The Morgan fingerprint density at radius 1 is 1.15 bits per heavy atom. The highest BCUT2D eigenvalue weighted by atomic mass is 32.2. The summed E-state index contributed by atoms with van der Waals surface area (Å²) in [6.45, 7) is 0.614. The third-order valence-corrected chi connectivity index (χ3v) is 3.59. The zero-order valence-corrected chi connectivity index (χ0v) is 11.6. The van der Waals surface area contributed by atoms with Crippen molar-refractivity contribution in [2.75, 3.05) is 32.1 Å². The molecule has 1 aromatic carbocycles. The van der Waals surface area contributed by atoms with Crippen LogP contribution in [-0.4, -0.2) is 38.2 Å². The Labute approximate surface area is 119 Å². The number of benzene rings is 1. The number of ether oxygens (including phenoxy) is 2. The van der Waals surface area contributed by atoms with Crippen molar-refractivity contribution in [3.63, 3.8) is 0 Å². The third kappa shape index (κ3) is 5.13. The Bertz CT molecular complexity index is 440. The molecular weight excluding hydrogens is 291 g/mol. The van der Waals surface area contributed by atoms with Crippen molar-refractivity contribution in [1.82, 2.24) is 5.32 Å². The standard InChI is InChI=1S/C13H16F3NO2S/c14-13(15,16)9-17-4-7-20-10-2-3-11-12(8-10)19-6-1-5-18-11/h2-3,8,17H,1,4-7,9H2. The first-order valence-corrected chi connectivity index (χ1v) is 7.33. The van der Waals surface area contributed by atoms with Gasteiger partial charge in [0.05, 0.1) is 19.8 Å². The molecule has 20 heavy (non-hydrogen) atoms. The van der Waals surface area contributed by atoms with Crippen LogP contribution in [0.4, 0.5) is 13.2 Å². The molecule has 1 heterocycles. The molecule has 112 valence electrons. The van der Waals surface area contributed by atoms with Crippen LogP contribution in [0, 0.1) is 0 Å². The largest absolute Gasteiger partial charge is 0.490 e.